The number of hydrogen-bond acceptors (Lipinski definition) is 18. The maximum Gasteiger partial charge on any atom is 0.335 e. The normalized spacial score (nSPS) is 16.9. The summed E-state index contributed by atoms with van der Waals surface area (Å²) < 4.78 is 23.7. The number of hydroxylamine groups is 4. The van der Waals surface area contributed by atoms with Crippen LogP contribution in [0.3, 0.4) is 0 Å². The van der Waals surface area contributed by atoms with E-state index in [0.29, 0.717) is 16.5 Å². The molecule has 63 heavy (non-hydrogen) atoms. The number of carbonyl (C=O) groups excluding carboxylic acids is 12. The summed E-state index contributed by atoms with van der Waals surface area (Å²) in [5.74, 6) is -7.40. The van der Waals surface area contributed by atoms with Crippen molar-refractivity contribution in [2.75, 3.05) is 72.5 Å². The minimum Gasteiger partial charge on any atom is -0.381 e. The Morgan fingerprint density at radius 1 is 0.571 bits per heavy atom. The van der Waals surface area contributed by atoms with Gasteiger partial charge in [-0.2, -0.15) is 0 Å². The number of rotatable bonds is 29. The van der Waals surface area contributed by atoms with Crippen LogP contribution >= 0.6 is 0 Å². The van der Waals surface area contributed by atoms with E-state index in [9.17, 15) is 57.5 Å². The molecule has 0 aromatic heterocycles. The second-order valence-corrected chi connectivity index (χ2v) is 14.8. The van der Waals surface area contributed by atoms with Crippen molar-refractivity contribution in [1.29, 1.82) is 0 Å². The van der Waals surface area contributed by atoms with Gasteiger partial charge in [-0.3, -0.25) is 57.7 Å². The first-order valence-electron chi connectivity index (χ1n) is 20.1. The van der Waals surface area contributed by atoms with Crippen LogP contribution < -0.4 is 10.6 Å². The Balaban J connectivity index is 1.34. The molecule has 2 saturated heterocycles. The van der Waals surface area contributed by atoms with Crippen LogP contribution in [-0.4, -0.2) is 169 Å². The Bertz CT molecular complexity index is 1740. The molecule has 0 saturated carbocycles. The van der Waals surface area contributed by atoms with Crippen LogP contribution in [0.1, 0.15) is 64.7 Å². The fourth-order valence-electron chi connectivity index (χ4n) is 6.10. The van der Waals surface area contributed by atoms with Crippen molar-refractivity contribution in [3.05, 3.63) is 24.3 Å². The van der Waals surface area contributed by atoms with Crippen LogP contribution in [0.15, 0.2) is 24.3 Å². The zero-order valence-electron chi connectivity index (χ0n) is 34.7. The van der Waals surface area contributed by atoms with E-state index in [1.54, 1.807) is 6.92 Å². The van der Waals surface area contributed by atoms with E-state index >= 15 is 0 Å². The lowest BCUT2D eigenvalue weighted by Crippen LogP contribution is -2.44. The minimum absolute atomic E-state index is 0.0677. The number of ether oxygens (including phenoxy) is 4. The molecule has 2 fully saturated rings. The number of nitrogens with zero attached hydrogens (tertiary/aromatic N) is 4. The van der Waals surface area contributed by atoms with Gasteiger partial charge in [0.05, 0.1) is 64.5 Å². The van der Waals surface area contributed by atoms with Gasteiger partial charge in [-0.1, -0.05) is 0 Å². The monoisotopic (exact) mass is 890 g/mol. The van der Waals surface area contributed by atoms with E-state index in [1.807, 2.05) is 0 Å². The molecule has 0 aromatic carbocycles. The minimum atomic E-state index is -1.20. The summed E-state index contributed by atoms with van der Waals surface area (Å²) in [6, 6.07) is -0.584. The quantitative estimate of drug-likeness (QED) is 0.0588. The van der Waals surface area contributed by atoms with Crippen LogP contribution in [0.25, 0.3) is 0 Å². The number of nitrogens with one attached hydrogen (secondary N) is 2. The molecule has 2 N–H and O–H groups in total. The highest BCUT2D eigenvalue weighted by Gasteiger charge is 2.36. The zero-order valence-corrected chi connectivity index (χ0v) is 34.7. The Morgan fingerprint density at radius 2 is 0.968 bits per heavy atom. The predicted molar refractivity (Wildman–Crippen MR) is 205 cm³/mol. The largest absolute Gasteiger partial charge is 0.381 e. The molecule has 1 atom stereocenters. The summed E-state index contributed by atoms with van der Waals surface area (Å²) >= 11 is 0. The number of carbonyl (C=O) groups is 12. The smallest absolute Gasteiger partial charge is 0.335 e. The molecule has 344 valence electrons. The molecule has 0 aromatic rings. The fraction of sp³-hybridized carbons (Fsp3) is 0.590. The second-order valence-electron chi connectivity index (χ2n) is 14.8. The predicted octanol–water partition coefficient (Wildman–Crippen LogP) is -2.32. The van der Waals surface area contributed by atoms with Gasteiger partial charge in [0.2, 0.25) is 11.8 Å². The topological polar surface area (TPSA) is 297 Å². The number of imide groups is 4. The summed E-state index contributed by atoms with van der Waals surface area (Å²) in [7, 11) is 0. The first kappa shape index (κ1) is 49.4. The average Bonchev–Trinajstić information content (AvgIpc) is 3.95. The molecule has 0 spiro atoms. The van der Waals surface area contributed by atoms with Gasteiger partial charge in [0.1, 0.15) is 0 Å². The molecule has 4 aliphatic heterocycles. The van der Waals surface area contributed by atoms with Gasteiger partial charge >= 0.3 is 11.9 Å². The third-order valence-corrected chi connectivity index (χ3v) is 9.42. The molecule has 24 heteroatoms. The van der Waals surface area contributed by atoms with E-state index in [2.05, 4.69) is 10.6 Å². The van der Waals surface area contributed by atoms with Crippen molar-refractivity contribution >= 4 is 71.0 Å². The van der Waals surface area contributed by atoms with Gasteiger partial charge in [0.15, 0.2) is 0 Å². The maximum absolute atomic E-state index is 12.6. The van der Waals surface area contributed by atoms with Crippen molar-refractivity contribution < 1.29 is 86.2 Å². The van der Waals surface area contributed by atoms with Crippen LogP contribution in [0.5, 0.6) is 0 Å². The van der Waals surface area contributed by atoms with E-state index < -0.39 is 82.5 Å². The van der Waals surface area contributed by atoms with Crippen molar-refractivity contribution in [2.45, 2.75) is 70.8 Å². The summed E-state index contributed by atoms with van der Waals surface area (Å²) in [6.07, 6.45) is 3.37. The van der Waals surface area contributed by atoms with Gasteiger partial charge in [-0.15, -0.1) is 10.1 Å². The van der Waals surface area contributed by atoms with Crippen LogP contribution in [0.2, 0.25) is 0 Å². The standard InChI is InChI=1S/C39H50N6O18/c1-26(41-28(47)12-17-43-31(50)5-6-32(43)51)21-61-25-39(23-59-19-13-37(56)62-44-33(52)7-8-34(44)53,24-60-20-14-38(57)63-45-35(54)9-10-36(45)55)22-58-18-2-15-40-27(46)11-16-42-29(48)3-4-30(42)49/h3-6,26H,2,7-25H2,1H3,(H,40,46)(H,41,47). The zero-order chi connectivity index (χ0) is 45.9. The SMILES string of the molecule is CC(COCC(COCCCNC(=O)CCN1C(=O)C=CC1=O)(COCCC(=O)ON1C(=O)CCC1=O)COCCC(=O)ON1C(=O)CCC1=O)NC(=O)CCN1C(=O)C=CC1=O. The van der Waals surface area contributed by atoms with Crippen molar-refractivity contribution in [1.82, 2.24) is 30.6 Å². The lowest BCUT2D eigenvalue weighted by Gasteiger charge is -2.33. The first-order chi connectivity index (χ1) is 30.1. The summed E-state index contributed by atoms with van der Waals surface area (Å²) in [4.78, 5) is 156. The summed E-state index contributed by atoms with van der Waals surface area (Å²) in [5, 5.41) is 6.20. The molecule has 0 radical (unpaired) electrons. The Morgan fingerprint density at radius 3 is 1.41 bits per heavy atom. The molecule has 24 nitrogen and oxygen atoms in total. The van der Waals surface area contributed by atoms with Crippen molar-refractivity contribution in [3.8, 4) is 0 Å². The van der Waals surface area contributed by atoms with E-state index in [0.717, 1.165) is 34.1 Å². The lowest BCUT2D eigenvalue weighted by atomic mass is 9.92. The van der Waals surface area contributed by atoms with Crippen LogP contribution in [0.4, 0.5) is 0 Å². The molecule has 1 unspecified atom stereocenters. The van der Waals surface area contributed by atoms with Gasteiger partial charge in [-0.25, -0.2) is 9.59 Å². The maximum atomic E-state index is 12.6. The third-order valence-electron chi connectivity index (χ3n) is 9.42. The van der Waals surface area contributed by atoms with Gasteiger partial charge in [0, 0.05) is 95.1 Å². The number of hydrogen-bond donors (Lipinski definition) is 2. The second kappa shape index (κ2) is 24.4. The Labute approximate surface area is 360 Å². The van der Waals surface area contributed by atoms with Crippen molar-refractivity contribution in [3.63, 3.8) is 0 Å². The number of amides is 10. The summed E-state index contributed by atoms with van der Waals surface area (Å²) in [6.45, 7) is 0.346. The highest BCUT2D eigenvalue weighted by atomic mass is 16.7. The van der Waals surface area contributed by atoms with Gasteiger partial charge in [0.25, 0.3) is 47.3 Å². The van der Waals surface area contributed by atoms with E-state index in [1.165, 1.54) is 0 Å². The molecule has 10 amide bonds. The van der Waals surface area contributed by atoms with Crippen LogP contribution in [-0.2, 0) is 86.2 Å². The average molecular weight is 891 g/mol. The Kier molecular flexibility index (Phi) is 19.1. The molecular formula is C39H50N6O18. The van der Waals surface area contributed by atoms with Crippen molar-refractivity contribution in [2.24, 2.45) is 5.41 Å². The van der Waals surface area contributed by atoms with Gasteiger partial charge in [-0.05, 0) is 13.3 Å². The first-order valence-corrected chi connectivity index (χ1v) is 20.1. The summed E-state index contributed by atoms with van der Waals surface area (Å²) in [5.41, 5.74) is -1.20. The van der Waals surface area contributed by atoms with E-state index in [-0.39, 0.29) is 124 Å². The molecular weight excluding hydrogens is 840 g/mol. The molecule has 0 bridgehead atoms. The fourth-order valence-corrected chi connectivity index (χ4v) is 6.10. The third kappa shape index (κ3) is 15.9. The highest BCUT2D eigenvalue weighted by Crippen LogP contribution is 2.22. The molecule has 4 rings (SSSR count). The highest BCUT2D eigenvalue weighted by molar-refractivity contribution is 6.13. The van der Waals surface area contributed by atoms with Crippen LogP contribution in [0, 0.1) is 5.41 Å². The van der Waals surface area contributed by atoms with Gasteiger partial charge < -0.3 is 39.3 Å². The Hall–Kier alpha value is -6.24. The molecule has 0 aliphatic carbocycles. The lowest BCUT2D eigenvalue weighted by molar-refractivity contribution is -0.198. The molecule has 4 aliphatic rings. The molecule has 4 heterocycles. The van der Waals surface area contributed by atoms with E-state index in [4.69, 9.17) is 28.6 Å².